The number of benzene rings is 3. The summed E-state index contributed by atoms with van der Waals surface area (Å²) < 4.78 is 55.7. The van der Waals surface area contributed by atoms with Crippen LogP contribution in [0, 0.1) is 12.7 Å². The van der Waals surface area contributed by atoms with Crippen LogP contribution in [0.2, 0.25) is 0 Å². The van der Waals surface area contributed by atoms with Gasteiger partial charge >= 0.3 is 6.18 Å². The third-order valence-electron chi connectivity index (χ3n) is 6.31. The average molecular weight is 519 g/mol. The Kier molecular flexibility index (Phi) is 6.44. The predicted octanol–water partition coefficient (Wildman–Crippen LogP) is 7.34. The maximum absolute atomic E-state index is 14.5. The molecular weight excluding hydrogens is 496 g/mol. The van der Waals surface area contributed by atoms with E-state index in [1.165, 1.54) is 0 Å². The highest BCUT2D eigenvalue weighted by molar-refractivity contribution is 6.05. The summed E-state index contributed by atoms with van der Waals surface area (Å²) in [5.41, 5.74) is 4.35. The Morgan fingerprint density at radius 3 is 2.58 bits per heavy atom. The van der Waals surface area contributed by atoms with E-state index in [0.717, 1.165) is 45.6 Å². The normalized spacial score (nSPS) is 11.6. The molecular formula is C29H22F4N4O. The Morgan fingerprint density at radius 1 is 1.03 bits per heavy atom. The van der Waals surface area contributed by atoms with Gasteiger partial charge in [-0.05, 0) is 72.0 Å². The minimum absolute atomic E-state index is 0.193. The van der Waals surface area contributed by atoms with Crippen molar-refractivity contribution in [2.75, 3.05) is 5.32 Å². The molecule has 5 rings (SSSR count). The highest BCUT2D eigenvalue weighted by atomic mass is 19.4. The minimum Gasteiger partial charge on any atom is -0.319 e. The van der Waals surface area contributed by atoms with Gasteiger partial charge in [-0.25, -0.2) is 9.37 Å². The van der Waals surface area contributed by atoms with Gasteiger partial charge in [-0.1, -0.05) is 25.1 Å². The van der Waals surface area contributed by atoms with E-state index in [9.17, 15) is 22.4 Å². The quantitative estimate of drug-likeness (QED) is 0.248. The van der Waals surface area contributed by atoms with Crippen molar-refractivity contribution in [1.82, 2.24) is 14.4 Å². The van der Waals surface area contributed by atoms with Gasteiger partial charge in [-0.15, -0.1) is 0 Å². The van der Waals surface area contributed by atoms with Gasteiger partial charge < -0.3 is 5.32 Å². The van der Waals surface area contributed by atoms with Crippen LogP contribution in [0.5, 0.6) is 0 Å². The fraction of sp³-hybridized carbons (Fsp3) is 0.138. The number of halogens is 4. The number of nitrogens with zero attached hydrogens (tertiary/aromatic N) is 3. The Morgan fingerprint density at radius 2 is 1.82 bits per heavy atom. The fourth-order valence-electron chi connectivity index (χ4n) is 4.48. The van der Waals surface area contributed by atoms with Crippen LogP contribution in [-0.2, 0) is 12.6 Å². The van der Waals surface area contributed by atoms with Crippen LogP contribution in [0.3, 0.4) is 0 Å². The van der Waals surface area contributed by atoms with Crippen molar-refractivity contribution in [1.29, 1.82) is 0 Å². The molecule has 0 atom stereocenters. The van der Waals surface area contributed by atoms with Crippen LogP contribution < -0.4 is 5.32 Å². The molecule has 0 fully saturated rings. The molecule has 0 saturated heterocycles. The number of hydrogen-bond donors (Lipinski definition) is 1. The molecule has 3 aromatic carbocycles. The zero-order valence-corrected chi connectivity index (χ0v) is 20.5. The summed E-state index contributed by atoms with van der Waals surface area (Å²) in [7, 11) is 0. The van der Waals surface area contributed by atoms with E-state index < -0.39 is 29.2 Å². The number of amides is 1. The lowest BCUT2D eigenvalue weighted by atomic mass is 9.92. The number of alkyl halides is 3. The van der Waals surface area contributed by atoms with E-state index in [1.807, 2.05) is 42.6 Å². The first-order valence-electron chi connectivity index (χ1n) is 11.8. The monoisotopic (exact) mass is 518 g/mol. The number of fused-ring (bicyclic) bond motifs is 1. The number of anilines is 1. The molecule has 0 aliphatic heterocycles. The molecule has 2 aromatic heterocycles. The SMILES string of the molecule is CCc1ccc(C(=O)Nc2cccc(C(F)(F)F)c2F)cc1-c1cc(C)cc(-c2cnc3cnccn23)c1. The number of hydrogen-bond acceptors (Lipinski definition) is 3. The lowest BCUT2D eigenvalue weighted by Gasteiger charge is -2.15. The number of carbonyl (C=O) groups is 1. The molecule has 0 aliphatic carbocycles. The molecule has 5 aromatic rings. The van der Waals surface area contributed by atoms with Crippen molar-refractivity contribution < 1.29 is 22.4 Å². The van der Waals surface area contributed by atoms with Crippen LogP contribution >= 0.6 is 0 Å². The molecule has 1 amide bonds. The van der Waals surface area contributed by atoms with Crippen molar-refractivity contribution in [2.45, 2.75) is 26.4 Å². The van der Waals surface area contributed by atoms with Gasteiger partial charge in [0.05, 0.1) is 29.3 Å². The van der Waals surface area contributed by atoms with Gasteiger partial charge in [0, 0.05) is 23.5 Å². The van der Waals surface area contributed by atoms with Crippen molar-refractivity contribution in [2.24, 2.45) is 0 Å². The zero-order chi connectivity index (χ0) is 27.0. The number of nitrogens with one attached hydrogen (secondary N) is 1. The smallest absolute Gasteiger partial charge is 0.319 e. The second kappa shape index (κ2) is 9.74. The summed E-state index contributed by atoms with van der Waals surface area (Å²) in [5.74, 6) is -2.24. The highest BCUT2D eigenvalue weighted by Gasteiger charge is 2.35. The summed E-state index contributed by atoms with van der Waals surface area (Å²) in [6.07, 6.45) is 2.76. The first kappa shape index (κ1) is 25.1. The predicted molar refractivity (Wildman–Crippen MR) is 137 cm³/mol. The highest BCUT2D eigenvalue weighted by Crippen LogP contribution is 2.35. The van der Waals surface area contributed by atoms with Crippen LogP contribution in [0.25, 0.3) is 28.0 Å². The minimum atomic E-state index is -4.87. The van der Waals surface area contributed by atoms with Gasteiger partial charge in [0.15, 0.2) is 11.5 Å². The number of imidazole rings is 1. The first-order chi connectivity index (χ1) is 18.2. The maximum Gasteiger partial charge on any atom is 0.419 e. The molecule has 0 bridgehead atoms. The van der Waals surface area contributed by atoms with Crippen LogP contribution in [0.15, 0.2) is 79.4 Å². The van der Waals surface area contributed by atoms with E-state index in [2.05, 4.69) is 15.3 Å². The maximum atomic E-state index is 14.5. The zero-order valence-electron chi connectivity index (χ0n) is 20.5. The molecule has 0 saturated carbocycles. The van der Waals surface area contributed by atoms with Gasteiger partial charge in [0.1, 0.15) is 0 Å². The summed E-state index contributed by atoms with van der Waals surface area (Å²) in [6.45, 7) is 3.96. The second-order valence-electron chi connectivity index (χ2n) is 8.88. The molecule has 2 heterocycles. The lowest BCUT2D eigenvalue weighted by Crippen LogP contribution is -2.16. The van der Waals surface area contributed by atoms with E-state index in [4.69, 9.17) is 0 Å². The summed E-state index contributed by atoms with van der Waals surface area (Å²) in [6, 6.07) is 13.9. The Labute approximate surface area is 215 Å². The van der Waals surface area contributed by atoms with Gasteiger partial charge in [0.25, 0.3) is 5.91 Å². The van der Waals surface area contributed by atoms with Crippen molar-refractivity contribution in [3.05, 3.63) is 107 Å². The van der Waals surface area contributed by atoms with E-state index in [-0.39, 0.29) is 5.56 Å². The van der Waals surface area contributed by atoms with E-state index in [0.29, 0.717) is 18.1 Å². The topological polar surface area (TPSA) is 59.3 Å². The van der Waals surface area contributed by atoms with Crippen LogP contribution in [0.4, 0.5) is 23.2 Å². The number of aryl methyl sites for hydroxylation is 2. The molecule has 9 heteroatoms. The van der Waals surface area contributed by atoms with Gasteiger partial charge in [0.2, 0.25) is 0 Å². The second-order valence-corrected chi connectivity index (χ2v) is 8.88. The van der Waals surface area contributed by atoms with Crippen LogP contribution in [0.1, 0.15) is 34.0 Å². The Balaban J connectivity index is 1.53. The third-order valence-corrected chi connectivity index (χ3v) is 6.31. The van der Waals surface area contributed by atoms with Crippen LogP contribution in [-0.4, -0.2) is 20.3 Å². The summed E-state index contributed by atoms with van der Waals surface area (Å²) in [4.78, 5) is 21.5. The molecule has 0 unspecified atom stereocenters. The largest absolute Gasteiger partial charge is 0.419 e. The van der Waals surface area contributed by atoms with Crippen molar-refractivity contribution in [3.63, 3.8) is 0 Å². The lowest BCUT2D eigenvalue weighted by molar-refractivity contribution is -0.139. The Hall–Kier alpha value is -4.53. The molecule has 1 N–H and O–H groups in total. The third kappa shape index (κ3) is 4.74. The summed E-state index contributed by atoms with van der Waals surface area (Å²) in [5, 5.41) is 2.29. The molecule has 192 valence electrons. The number of carbonyl (C=O) groups excluding carboxylic acids is 1. The number of rotatable bonds is 5. The molecule has 38 heavy (non-hydrogen) atoms. The van der Waals surface area contributed by atoms with E-state index in [1.54, 1.807) is 36.8 Å². The molecule has 5 nitrogen and oxygen atoms in total. The Bertz CT molecular complexity index is 1670. The molecule has 0 aliphatic rings. The van der Waals surface area contributed by atoms with Gasteiger partial charge in [-0.2, -0.15) is 13.2 Å². The summed E-state index contributed by atoms with van der Waals surface area (Å²) >= 11 is 0. The standard InChI is InChI=1S/C29H22F4N4O/c1-3-18-7-8-19(28(38)36-24-6-4-5-23(27(24)30)29(31,32)33)14-22(18)20-11-17(2)12-21(13-20)25-15-35-26-16-34-9-10-37(25)26/h4-16H,3H2,1-2H3,(H,36,38). The van der Waals surface area contributed by atoms with E-state index >= 15 is 0 Å². The first-order valence-corrected chi connectivity index (χ1v) is 11.8. The average Bonchev–Trinajstić information content (AvgIpc) is 3.33. The van der Waals surface area contributed by atoms with Crippen molar-refractivity contribution in [3.8, 4) is 22.4 Å². The fourth-order valence-corrected chi connectivity index (χ4v) is 4.48. The molecule has 0 spiro atoms. The van der Waals surface area contributed by atoms with Gasteiger partial charge in [-0.3, -0.25) is 14.2 Å². The van der Waals surface area contributed by atoms with Crippen molar-refractivity contribution >= 4 is 17.2 Å². The molecule has 0 radical (unpaired) electrons. The number of aromatic nitrogens is 3.